The third-order valence-electron chi connectivity index (χ3n) is 5.72. The van der Waals surface area contributed by atoms with Crippen LogP contribution >= 0.6 is 0 Å². The van der Waals surface area contributed by atoms with Gasteiger partial charge in [0.15, 0.2) is 12.3 Å². The predicted octanol–water partition coefficient (Wildman–Crippen LogP) is 3.21. The largest absolute Gasteiger partial charge is 0.454 e. The molecule has 2 aromatic carbocycles. The van der Waals surface area contributed by atoms with E-state index in [4.69, 9.17) is 19.0 Å². The molecule has 176 valence electrons. The summed E-state index contributed by atoms with van der Waals surface area (Å²) in [4.78, 5) is 35.4. The van der Waals surface area contributed by atoms with Crippen molar-refractivity contribution >= 4 is 17.6 Å². The summed E-state index contributed by atoms with van der Waals surface area (Å²) in [6.45, 7) is 4.19. The zero-order chi connectivity index (χ0) is 23.9. The number of ether oxygens (including phenoxy) is 3. The number of fused-ring (bicyclic) bond motifs is 1. The molecule has 5 rings (SSSR count). The minimum atomic E-state index is -1.36. The third kappa shape index (κ3) is 3.94. The summed E-state index contributed by atoms with van der Waals surface area (Å²) in [5.74, 6) is -2.16. The van der Waals surface area contributed by atoms with Crippen LogP contribution in [0.1, 0.15) is 25.0 Å². The SMILES string of the molecule is CON1C=C(N(C(=C2C(=O)OC(C)(C)OC2=O)N2Cc3ccccc3C2)c2ccccc2)OC1. The maximum atomic E-state index is 13.2. The Labute approximate surface area is 197 Å². The molecule has 0 unspecified atom stereocenters. The van der Waals surface area contributed by atoms with E-state index < -0.39 is 17.7 Å². The molecule has 9 heteroatoms. The Morgan fingerprint density at radius 1 is 0.941 bits per heavy atom. The number of rotatable bonds is 5. The summed E-state index contributed by atoms with van der Waals surface area (Å²) in [6, 6.07) is 17.4. The fourth-order valence-electron chi connectivity index (χ4n) is 4.22. The maximum absolute atomic E-state index is 13.2. The number of hydrogen-bond acceptors (Lipinski definition) is 9. The quantitative estimate of drug-likeness (QED) is 0.377. The Morgan fingerprint density at radius 3 is 2.09 bits per heavy atom. The lowest BCUT2D eigenvalue weighted by Crippen LogP contribution is -2.46. The number of benzene rings is 2. The zero-order valence-electron chi connectivity index (χ0n) is 19.2. The second-order valence-electron chi connectivity index (χ2n) is 8.51. The van der Waals surface area contributed by atoms with Gasteiger partial charge in [-0.25, -0.2) is 14.7 Å². The summed E-state index contributed by atoms with van der Waals surface area (Å²) in [5, 5.41) is 1.51. The Bertz CT molecular complexity index is 1140. The van der Waals surface area contributed by atoms with E-state index in [1.54, 1.807) is 11.1 Å². The van der Waals surface area contributed by atoms with E-state index in [2.05, 4.69) is 0 Å². The first-order valence-corrected chi connectivity index (χ1v) is 10.9. The number of hydrogen-bond donors (Lipinski definition) is 0. The lowest BCUT2D eigenvalue weighted by molar-refractivity contribution is -0.222. The smallest absolute Gasteiger partial charge is 0.352 e. The van der Waals surface area contributed by atoms with Gasteiger partial charge in [-0.05, 0) is 23.3 Å². The molecule has 0 saturated carbocycles. The summed E-state index contributed by atoms with van der Waals surface area (Å²) >= 11 is 0. The molecule has 0 N–H and O–H groups in total. The number of carbonyl (C=O) groups is 2. The highest BCUT2D eigenvalue weighted by Crippen LogP contribution is 2.38. The van der Waals surface area contributed by atoms with Crippen molar-refractivity contribution in [3.8, 4) is 0 Å². The van der Waals surface area contributed by atoms with Crippen LogP contribution in [0.2, 0.25) is 0 Å². The van der Waals surface area contributed by atoms with Gasteiger partial charge in [-0.2, -0.15) is 0 Å². The van der Waals surface area contributed by atoms with E-state index in [-0.39, 0.29) is 12.3 Å². The van der Waals surface area contributed by atoms with Gasteiger partial charge in [0.05, 0.1) is 19.0 Å². The van der Waals surface area contributed by atoms with Gasteiger partial charge in [0.2, 0.25) is 5.88 Å². The van der Waals surface area contributed by atoms with Gasteiger partial charge >= 0.3 is 11.9 Å². The van der Waals surface area contributed by atoms with Crippen molar-refractivity contribution in [2.45, 2.75) is 32.7 Å². The number of nitrogens with zero attached hydrogens (tertiary/aromatic N) is 3. The van der Waals surface area contributed by atoms with Crippen molar-refractivity contribution in [1.29, 1.82) is 0 Å². The number of anilines is 1. The molecule has 0 aliphatic carbocycles. The molecule has 3 heterocycles. The lowest BCUT2D eigenvalue weighted by atomic mass is 10.1. The molecule has 3 aliphatic heterocycles. The van der Waals surface area contributed by atoms with E-state index in [9.17, 15) is 9.59 Å². The minimum Gasteiger partial charge on any atom is -0.454 e. The minimum absolute atomic E-state index is 0.153. The average Bonchev–Trinajstić information content (AvgIpc) is 3.45. The van der Waals surface area contributed by atoms with E-state index >= 15 is 0 Å². The number of para-hydroxylation sites is 1. The van der Waals surface area contributed by atoms with Gasteiger partial charge in [-0.1, -0.05) is 42.5 Å². The molecule has 34 heavy (non-hydrogen) atoms. The summed E-state index contributed by atoms with van der Waals surface area (Å²) in [5.41, 5.74) is 2.70. The molecule has 0 radical (unpaired) electrons. The number of carbonyl (C=O) groups excluding carboxylic acids is 2. The first kappa shape index (κ1) is 21.8. The van der Waals surface area contributed by atoms with Crippen LogP contribution in [0.3, 0.4) is 0 Å². The second kappa shape index (κ2) is 8.42. The molecule has 0 atom stereocenters. The van der Waals surface area contributed by atoms with Crippen molar-refractivity contribution in [3.05, 3.63) is 89.2 Å². The fourth-order valence-corrected chi connectivity index (χ4v) is 4.22. The van der Waals surface area contributed by atoms with Crippen molar-refractivity contribution in [2.75, 3.05) is 18.7 Å². The van der Waals surface area contributed by atoms with Crippen LogP contribution in [-0.2, 0) is 41.7 Å². The molecule has 0 bridgehead atoms. The maximum Gasteiger partial charge on any atom is 0.352 e. The monoisotopic (exact) mass is 463 g/mol. The standard InChI is InChI=1S/C25H25N3O6/c1-25(2)33-23(29)21(24(30)34-25)22(26-13-17-9-7-8-10-18(17)14-26)28(19-11-5-4-6-12-19)20-15-27(31-3)16-32-20/h4-12,15H,13-14,16H2,1-3H3. The summed E-state index contributed by atoms with van der Waals surface area (Å²) in [7, 11) is 1.53. The molecule has 0 aromatic heterocycles. The van der Waals surface area contributed by atoms with Gasteiger partial charge in [-0.15, -0.1) is 0 Å². The molecule has 3 aliphatic rings. The van der Waals surface area contributed by atoms with Crippen LogP contribution in [0, 0.1) is 0 Å². The molecule has 2 aromatic rings. The molecule has 9 nitrogen and oxygen atoms in total. The number of esters is 2. The van der Waals surface area contributed by atoms with E-state index in [1.807, 2.05) is 59.5 Å². The van der Waals surface area contributed by atoms with Crippen molar-refractivity contribution in [3.63, 3.8) is 0 Å². The molecular weight excluding hydrogens is 438 g/mol. The van der Waals surface area contributed by atoms with Crippen molar-refractivity contribution < 1.29 is 28.6 Å². The van der Waals surface area contributed by atoms with Crippen LogP contribution < -0.4 is 4.90 Å². The normalized spacial score (nSPS) is 18.7. The molecule has 1 fully saturated rings. The van der Waals surface area contributed by atoms with Crippen molar-refractivity contribution in [1.82, 2.24) is 9.96 Å². The molecule has 1 saturated heterocycles. The number of hydroxylamine groups is 2. The second-order valence-corrected chi connectivity index (χ2v) is 8.51. The van der Waals surface area contributed by atoms with Gasteiger partial charge in [0.25, 0.3) is 5.79 Å². The topological polar surface area (TPSA) is 80.8 Å². The Morgan fingerprint density at radius 2 is 1.53 bits per heavy atom. The Kier molecular flexibility index (Phi) is 5.41. The van der Waals surface area contributed by atoms with Gasteiger partial charge in [-0.3, -0.25) is 9.74 Å². The molecule has 0 spiro atoms. The molecular formula is C25H25N3O6. The summed E-state index contributed by atoms with van der Waals surface area (Å²) in [6.07, 6.45) is 1.67. The van der Waals surface area contributed by atoms with Gasteiger partial charge in [0.1, 0.15) is 5.82 Å². The Balaban J connectivity index is 1.70. The third-order valence-corrected chi connectivity index (χ3v) is 5.72. The zero-order valence-corrected chi connectivity index (χ0v) is 19.2. The van der Waals surface area contributed by atoms with Crippen molar-refractivity contribution in [2.24, 2.45) is 0 Å². The average molecular weight is 463 g/mol. The van der Waals surface area contributed by atoms with Crippen LogP contribution in [0.15, 0.2) is 78.1 Å². The van der Waals surface area contributed by atoms with E-state index in [0.717, 1.165) is 11.1 Å². The van der Waals surface area contributed by atoms with Crippen LogP contribution in [0.5, 0.6) is 0 Å². The highest BCUT2D eigenvalue weighted by Gasteiger charge is 2.45. The van der Waals surface area contributed by atoms with Crippen LogP contribution in [0.4, 0.5) is 5.69 Å². The van der Waals surface area contributed by atoms with Gasteiger partial charge in [0, 0.05) is 26.9 Å². The fraction of sp³-hybridized carbons (Fsp3) is 0.280. The van der Waals surface area contributed by atoms with Crippen LogP contribution in [-0.4, -0.2) is 41.5 Å². The Hall–Kier alpha value is -3.98. The van der Waals surface area contributed by atoms with E-state index in [1.165, 1.54) is 26.0 Å². The highest BCUT2D eigenvalue weighted by atomic mass is 16.7. The highest BCUT2D eigenvalue weighted by molar-refractivity contribution is 6.16. The van der Waals surface area contributed by atoms with Gasteiger partial charge < -0.3 is 19.1 Å². The lowest BCUT2D eigenvalue weighted by Gasteiger charge is -2.37. The van der Waals surface area contributed by atoms with E-state index in [0.29, 0.717) is 30.5 Å². The first-order chi connectivity index (χ1) is 16.4. The molecule has 0 amide bonds. The summed E-state index contributed by atoms with van der Waals surface area (Å²) < 4.78 is 16.9. The first-order valence-electron chi connectivity index (χ1n) is 10.9. The number of cyclic esters (lactones) is 2. The van der Waals surface area contributed by atoms with Crippen LogP contribution in [0.25, 0.3) is 0 Å². The predicted molar refractivity (Wildman–Crippen MR) is 121 cm³/mol.